The van der Waals surface area contributed by atoms with E-state index in [0.717, 1.165) is 18.4 Å². The van der Waals surface area contributed by atoms with Crippen LogP contribution in [0.2, 0.25) is 0 Å². The summed E-state index contributed by atoms with van der Waals surface area (Å²) in [5.74, 6) is 1.51. The average molecular weight is 171 g/mol. The highest BCUT2D eigenvalue weighted by atomic mass is 16.5. The standard InChI is InChI=1S/C10H21NO/c1-8(2)9-5-6-11(3)7-10(9)12-4/h8-10H,5-7H2,1-4H3/t9-,10-/m1/s1. The highest BCUT2D eigenvalue weighted by molar-refractivity contribution is 4.81. The Hall–Kier alpha value is -0.0800. The van der Waals surface area contributed by atoms with Crippen LogP contribution in [0.15, 0.2) is 0 Å². The van der Waals surface area contributed by atoms with Gasteiger partial charge in [0.1, 0.15) is 0 Å². The van der Waals surface area contributed by atoms with E-state index in [1.807, 2.05) is 7.11 Å². The van der Waals surface area contributed by atoms with Gasteiger partial charge >= 0.3 is 0 Å². The van der Waals surface area contributed by atoms with Gasteiger partial charge in [0.15, 0.2) is 0 Å². The number of ether oxygens (including phenoxy) is 1. The van der Waals surface area contributed by atoms with Crippen molar-refractivity contribution < 1.29 is 4.74 Å². The van der Waals surface area contributed by atoms with Crippen molar-refractivity contribution in [2.24, 2.45) is 11.8 Å². The third-order valence-electron chi connectivity index (χ3n) is 2.97. The molecule has 1 aliphatic rings. The number of hydrogen-bond donors (Lipinski definition) is 0. The molecule has 0 bridgehead atoms. The molecule has 0 N–H and O–H groups in total. The molecule has 72 valence electrons. The van der Waals surface area contributed by atoms with E-state index >= 15 is 0 Å². The molecule has 2 atom stereocenters. The molecule has 0 aromatic carbocycles. The Bertz CT molecular complexity index is 136. The molecule has 1 aliphatic heterocycles. The monoisotopic (exact) mass is 171 g/mol. The van der Waals surface area contributed by atoms with E-state index in [1.54, 1.807) is 0 Å². The van der Waals surface area contributed by atoms with Gasteiger partial charge in [-0.1, -0.05) is 13.8 Å². The smallest absolute Gasteiger partial charge is 0.0729 e. The molecule has 1 rings (SSSR count). The van der Waals surface area contributed by atoms with Gasteiger partial charge in [-0.05, 0) is 31.8 Å². The second kappa shape index (κ2) is 4.24. The minimum Gasteiger partial charge on any atom is -0.380 e. The molecule has 0 saturated carbocycles. The van der Waals surface area contributed by atoms with Gasteiger partial charge in [-0.2, -0.15) is 0 Å². The fourth-order valence-corrected chi connectivity index (χ4v) is 2.10. The summed E-state index contributed by atoms with van der Waals surface area (Å²) in [6.45, 7) is 6.91. The number of methoxy groups -OCH3 is 1. The fraction of sp³-hybridized carbons (Fsp3) is 1.00. The molecule has 1 heterocycles. The molecule has 0 aliphatic carbocycles. The lowest BCUT2D eigenvalue weighted by Gasteiger charge is -2.37. The van der Waals surface area contributed by atoms with Crippen molar-refractivity contribution >= 4 is 0 Å². The van der Waals surface area contributed by atoms with Crippen LogP contribution in [0.3, 0.4) is 0 Å². The third kappa shape index (κ3) is 2.20. The Labute approximate surface area is 75.9 Å². The summed E-state index contributed by atoms with van der Waals surface area (Å²) in [5.41, 5.74) is 0. The second-order valence-corrected chi connectivity index (χ2v) is 4.23. The number of rotatable bonds is 2. The molecule has 0 radical (unpaired) electrons. The number of hydrogen-bond acceptors (Lipinski definition) is 2. The van der Waals surface area contributed by atoms with Gasteiger partial charge in [0.25, 0.3) is 0 Å². The van der Waals surface area contributed by atoms with Crippen LogP contribution >= 0.6 is 0 Å². The summed E-state index contributed by atoms with van der Waals surface area (Å²) in [6, 6.07) is 0. The van der Waals surface area contributed by atoms with Crippen molar-refractivity contribution in [2.75, 3.05) is 27.2 Å². The average Bonchev–Trinajstić information content (AvgIpc) is 2.03. The molecule has 0 aromatic heterocycles. The summed E-state index contributed by atoms with van der Waals surface area (Å²) in [5, 5.41) is 0. The fourth-order valence-electron chi connectivity index (χ4n) is 2.10. The maximum absolute atomic E-state index is 5.49. The minimum absolute atomic E-state index is 0.448. The van der Waals surface area contributed by atoms with E-state index < -0.39 is 0 Å². The first-order valence-corrected chi connectivity index (χ1v) is 4.86. The van der Waals surface area contributed by atoms with Crippen LogP contribution in [0.5, 0.6) is 0 Å². The van der Waals surface area contributed by atoms with Crippen LogP contribution in [0, 0.1) is 11.8 Å². The van der Waals surface area contributed by atoms with Crippen LogP contribution in [-0.2, 0) is 4.74 Å². The number of likely N-dealkylation sites (N-methyl/N-ethyl adjacent to an activating group) is 1. The predicted molar refractivity (Wildman–Crippen MR) is 51.2 cm³/mol. The van der Waals surface area contributed by atoms with Gasteiger partial charge in [0, 0.05) is 13.7 Å². The normalized spacial score (nSPS) is 32.8. The van der Waals surface area contributed by atoms with Crippen molar-refractivity contribution in [1.82, 2.24) is 4.90 Å². The van der Waals surface area contributed by atoms with Crippen LogP contribution in [0.1, 0.15) is 20.3 Å². The minimum atomic E-state index is 0.448. The molecule has 0 aromatic rings. The number of likely N-dealkylation sites (tertiary alicyclic amines) is 1. The van der Waals surface area contributed by atoms with Gasteiger partial charge in [-0.3, -0.25) is 0 Å². The second-order valence-electron chi connectivity index (χ2n) is 4.23. The maximum Gasteiger partial charge on any atom is 0.0729 e. The van der Waals surface area contributed by atoms with Gasteiger partial charge in [0.2, 0.25) is 0 Å². The first kappa shape index (κ1) is 10.0. The van der Waals surface area contributed by atoms with Crippen LogP contribution in [-0.4, -0.2) is 38.3 Å². The van der Waals surface area contributed by atoms with Crippen molar-refractivity contribution in [1.29, 1.82) is 0 Å². The lowest BCUT2D eigenvalue weighted by atomic mass is 9.84. The van der Waals surface area contributed by atoms with Crippen LogP contribution in [0.4, 0.5) is 0 Å². The molecule has 2 nitrogen and oxygen atoms in total. The Morgan fingerprint density at radius 2 is 2.08 bits per heavy atom. The van der Waals surface area contributed by atoms with Crippen molar-refractivity contribution in [3.05, 3.63) is 0 Å². The zero-order valence-corrected chi connectivity index (χ0v) is 8.71. The number of nitrogens with zero attached hydrogens (tertiary/aromatic N) is 1. The highest BCUT2D eigenvalue weighted by Gasteiger charge is 2.29. The predicted octanol–water partition coefficient (Wildman–Crippen LogP) is 1.61. The summed E-state index contributed by atoms with van der Waals surface area (Å²) in [6.07, 6.45) is 1.73. The van der Waals surface area contributed by atoms with Crippen molar-refractivity contribution in [3.8, 4) is 0 Å². The maximum atomic E-state index is 5.49. The Morgan fingerprint density at radius 3 is 2.58 bits per heavy atom. The molecule has 0 amide bonds. The molecule has 1 saturated heterocycles. The first-order valence-electron chi connectivity index (χ1n) is 4.86. The molecule has 1 fully saturated rings. The van der Waals surface area contributed by atoms with Crippen LogP contribution < -0.4 is 0 Å². The topological polar surface area (TPSA) is 12.5 Å². The van der Waals surface area contributed by atoms with E-state index in [0.29, 0.717) is 6.10 Å². The summed E-state index contributed by atoms with van der Waals surface area (Å²) in [4.78, 5) is 2.35. The molecule has 2 heteroatoms. The van der Waals surface area contributed by atoms with Gasteiger partial charge in [-0.15, -0.1) is 0 Å². The van der Waals surface area contributed by atoms with Gasteiger partial charge in [0.05, 0.1) is 6.10 Å². The summed E-state index contributed by atoms with van der Waals surface area (Å²) < 4.78 is 5.49. The lowest BCUT2D eigenvalue weighted by Crippen LogP contribution is -2.44. The number of piperidine rings is 1. The quantitative estimate of drug-likeness (QED) is 0.626. The van der Waals surface area contributed by atoms with E-state index in [9.17, 15) is 0 Å². The third-order valence-corrected chi connectivity index (χ3v) is 2.97. The molecule has 0 spiro atoms. The molecular formula is C10H21NO. The van der Waals surface area contributed by atoms with Gasteiger partial charge < -0.3 is 9.64 Å². The lowest BCUT2D eigenvalue weighted by molar-refractivity contribution is -0.0198. The highest BCUT2D eigenvalue weighted by Crippen LogP contribution is 2.25. The first-order chi connectivity index (χ1) is 5.65. The molecule has 12 heavy (non-hydrogen) atoms. The SMILES string of the molecule is CO[C@@H]1CN(C)CC[C@@H]1C(C)C. The van der Waals surface area contributed by atoms with Crippen LogP contribution in [0.25, 0.3) is 0 Å². The summed E-state index contributed by atoms with van der Waals surface area (Å²) in [7, 11) is 4.00. The van der Waals surface area contributed by atoms with Crippen molar-refractivity contribution in [3.63, 3.8) is 0 Å². The van der Waals surface area contributed by atoms with E-state index in [-0.39, 0.29) is 0 Å². The Balaban J connectivity index is 2.50. The Kier molecular flexibility index (Phi) is 3.53. The zero-order valence-electron chi connectivity index (χ0n) is 8.71. The van der Waals surface area contributed by atoms with E-state index in [2.05, 4.69) is 25.8 Å². The van der Waals surface area contributed by atoms with Gasteiger partial charge in [-0.25, -0.2) is 0 Å². The van der Waals surface area contributed by atoms with E-state index in [1.165, 1.54) is 13.0 Å². The Morgan fingerprint density at radius 1 is 1.42 bits per heavy atom. The molecular weight excluding hydrogens is 150 g/mol. The van der Waals surface area contributed by atoms with E-state index in [4.69, 9.17) is 4.74 Å². The summed E-state index contributed by atoms with van der Waals surface area (Å²) >= 11 is 0. The molecule has 0 unspecified atom stereocenters. The zero-order chi connectivity index (χ0) is 9.14. The van der Waals surface area contributed by atoms with Crippen molar-refractivity contribution in [2.45, 2.75) is 26.4 Å². The largest absolute Gasteiger partial charge is 0.380 e.